The number of hydrogen-bond acceptors (Lipinski definition) is 3. The van der Waals surface area contributed by atoms with Crippen molar-refractivity contribution in [3.63, 3.8) is 0 Å². The van der Waals surface area contributed by atoms with Gasteiger partial charge in [-0.15, -0.1) is 11.6 Å². The molecular weight excluding hydrogens is 271 g/mol. The summed E-state index contributed by atoms with van der Waals surface area (Å²) in [5.74, 6) is -1.96. The summed E-state index contributed by atoms with van der Waals surface area (Å²) >= 11 is 5.55. The first-order chi connectivity index (χ1) is 8.49. The van der Waals surface area contributed by atoms with E-state index in [1.165, 1.54) is 0 Å². The van der Waals surface area contributed by atoms with Crippen LogP contribution in [0.3, 0.4) is 0 Å². The van der Waals surface area contributed by atoms with Crippen LogP contribution >= 0.6 is 11.6 Å². The largest absolute Gasteiger partial charge is 0.466 e. The van der Waals surface area contributed by atoms with Crippen LogP contribution in [0.5, 0.6) is 0 Å². The first-order valence-electron chi connectivity index (χ1n) is 5.17. The lowest BCUT2D eigenvalue weighted by Crippen LogP contribution is -2.12. The minimum absolute atomic E-state index is 0.104. The van der Waals surface area contributed by atoms with E-state index >= 15 is 0 Å². The molecule has 1 rings (SSSR count). The number of hydrogen-bond donors (Lipinski definition) is 0. The molecule has 1 aromatic rings. The zero-order valence-corrected chi connectivity index (χ0v) is 10.3. The Hall–Kier alpha value is -1.30. The molecule has 0 aliphatic rings. The fourth-order valence-corrected chi connectivity index (χ4v) is 1.62. The molecule has 0 atom stereocenters. The number of aromatic nitrogens is 1. The monoisotopic (exact) mass is 281 g/mol. The Morgan fingerprint density at radius 1 is 1.56 bits per heavy atom. The van der Waals surface area contributed by atoms with Crippen LogP contribution < -0.4 is 0 Å². The minimum atomic E-state index is -2.89. The van der Waals surface area contributed by atoms with Gasteiger partial charge in [-0.3, -0.25) is 4.79 Å². The topological polar surface area (TPSA) is 39.2 Å². The van der Waals surface area contributed by atoms with E-state index in [2.05, 4.69) is 9.72 Å². The molecule has 0 unspecified atom stereocenters. The quantitative estimate of drug-likeness (QED) is 0.473. The molecular formula is C11H11ClF3NO2. The molecule has 0 aliphatic heterocycles. The normalized spacial score (nSPS) is 10.8. The van der Waals surface area contributed by atoms with Crippen molar-refractivity contribution in [2.75, 3.05) is 6.61 Å². The highest BCUT2D eigenvalue weighted by Crippen LogP contribution is 2.23. The maximum atomic E-state index is 13.5. The highest BCUT2D eigenvalue weighted by Gasteiger charge is 2.19. The average Bonchev–Trinajstić information content (AvgIpc) is 2.31. The van der Waals surface area contributed by atoms with Crippen LogP contribution in [0.25, 0.3) is 0 Å². The Kier molecular flexibility index (Phi) is 5.40. The van der Waals surface area contributed by atoms with E-state index in [1.807, 2.05) is 0 Å². The predicted octanol–water partition coefficient (Wildman–Crippen LogP) is 3.00. The van der Waals surface area contributed by atoms with Crippen molar-refractivity contribution < 1.29 is 22.7 Å². The average molecular weight is 282 g/mol. The zero-order chi connectivity index (χ0) is 13.7. The van der Waals surface area contributed by atoms with Crippen LogP contribution in [-0.4, -0.2) is 17.6 Å². The summed E-state index contributed by atoms with van der Waals surface area (Å²) < 4.78 is 43.0. The van der Waals surface area contributed by atoms with Gasteiger partial charge in [-0.2, -0.15) is 4.39 Å². The van der Waals surface area contributed by atoms with Gasteiger partial charge in [0.05, 0.1) is 13.0 Å². The summed E-state index contributed by atoms with van der Waals surface area (Å²) in [7, 11) is 0. The molecule has 0 radical (unpaired) electrons. The Bertz CT molecular complexity index is 441. The van der Waals surface area contributed by atoms with Crippen LogP contribution in [0.1, 0.15) is 30.2 Å². The number of ether oxygens (including phenoxy) is 1. The molecule has 1 aromatic heterocycles. The Labute approximate surface area is 107 Å². The molecule has 18 heavy (non-hydrogen) atoms. The summed E-state index contributed by atoms with van der Waals surface area (Å²) in [5.41, 5.74) is -0.684. The van der Waals surface area contributed by atoms with E-state index in [0.29, 0.717) is 0 Å². The van der Waals surface area contributed by atoms with Gasteiger partial charge in [-0.25, -0.2) is 13.8 Å². The Morgan fingerprint density at radius 3 is 2.72 bits per heavy atom. The third-order valence-corrected chi connectivity index (χ3v) is 2.47. The number of carbonyl (C=O) groups excluding carboxylic acids is 1. The van der Waals surface area contributed by atoms with Crippen molar-refractivity contribution in [2.24, 2.45) is 0 Å². The highest BCUT2D eigenvalue weighted by molar-refractivity contribution is 6.17. The second kappa shape index (κ2) is 6.58. The van der Waals surface area contributed by atoms with E-state index in [4.69, 9.17) is 11.6 Å². The molecule has 0 amide bonds. The van der Waals surface area contributed by atoms with Gasteiger partial charge in [0.25, 0.3) is 6.43 Å². The lowest BCUT2D eigenvalue weighted by atomic mass is 10.1. The summed E-state index contributed by atoms with van der Waals surface area (Å²) in [5, 5.41) is 0. The van der Waals surface area contributed by atoms with Gasteiger partial charge >= 0.3 is 5.97 Å². The number of alkyl halides is 3. The molecule has 3 nitrogen and oxygen atoms in total. The number of halogens is 4. The molecule has 0 N–H and O–H groups in total. The molecule has 0 aliphatic carbocycles. The third kappa shape index (κ3) is 3.60. The fraction of sp³-hybridized carbons (Fsp3) is 0.455. The first-order valence-corrected chi connectivity index (χ1v) is 5.71. The van der Waals surface area contributed by atoms with Crippen molar-refractivity contribution >= 4 is 17.6 Å². The number of nitrogens with zero attached hydrogens (tertiary/aromatic N) is 1. The summed E-state index contributed by atoms with van der Waals surface area (Å²) in [6.07, 6.45) is -3.27. The zero-order valence-electron chi connectivity index (χ0n) is 9.55. The number of rotatable bonds is 5. The third-order valence-electron chi connectivity index (χ3n) is 2.18. The van der Waals surface area contributed by atoms with Gasteiger partial charge in [-0.1, -0.05) is 0 Å². The standard InChI is InChI=1S/C11H11ClF3NO2/c1-2-18-9(17)4-7-6(5-12)3-8(10(13)14)16-11(7)15/h3,10H,2,4-5H2,1H3. The van der Waals surface area contributed by atoms with Gasteiger partial charge in [-0.05, 0) is 18.6 Å². The van der Waals surface area contributed by atoms with Crippen LogP contribution in [0.4, 0.5) is 13.2 Å². The van der Waals surface area contributed by atoms with Gasteiger partial charge in [0, 0.05) is 11.4 Å². The molecule has 100 valence electrons. The van der Waals surface area contributed by atoms with Crippen molar-refractivity contribution in [3.05, 3.63) is 28.8 Å². The lowest BCUT2D eigenvalue weighted by molar-refractivity contribution is -0.142. The van der Waals surface area contributed by atoms with Crippen molar-refractivity contribution in [1.29, 1.82) is 0 Å². The number of pyridine rings is 1. The minimum Gasteiger partial charge on any atom is -0.466 e. The molecule has 0 spiro atoms. The van der Waals surface area contributed by atoms with Gasteiger partial charge in [0.1, 0.15) is 5.69 Å². The van der Waals surface area contributed by atoms with Gasteiger partial charge in [0.15, 0.2) is 0 Å². The van der Waals surface area contributed by atoms with Crippen LogP contribution in [0, 0.1) is 5.95 Å². The van der Waals surface area contributed by atoms with Crippen molar-refractivity contribution in [2.45, 2.75) is 25.7 Å². The van der Waals surface area contributed by atoms with E-state index in [-0.39, 0.29) is 30.0 Å². The van der Waals surface area contributed by atoms with Crippen molar-refractivity contribution in [1.82, 2.24) is 4.98 Å². The number of esters is 1. The molecule has 0 saturated carbocycles. The molecule has 0 bridgehead atoms. The molecule has 0 fully saturated rings. The van der Waals surface area contributed by atoms with E-state index in [1.54, 1.807) is 6.92 Å². The number of carbonyl (C=O) groups is 1. The first kappa shape index (κ1) is 14.8. The Balaban J connectivity index is 3.07. The van der Waals surface area contributed by atoms with Gasteiger partial charge < -0.3 is 4.74 Å². The van der Waals surface area contributed by atoms with Crippen LogP contribution in [-0.2, 0) is 21.8 Å². The lowest BCUT2D eigenvalue weighted by Gasteiger charge is -2.10. The Morgan fingerprint density at radius 2 is 2.22 bits per heavy atom. The van der Waals surface area contributed by atoms with E-state index < -0.39 is 24.0 Å². The summed E-state index contributed by atoms with van der Waals surface area (Å²) in [4.78, 5) is 14.4. The maximum absolute atomic E-state index is 13.5. The SMILES string of the molecule is CCOC(=O)Cc1c(CCl)cc(C(F)F)nc1F. The molecule has 0 aromatic carbocycles. The predicted molar refractivity (Wildman–Crippen MR) is 59.0 cm³/mol. The molecule has 1 heterocycles. The fourth-order valence-electron chi connectivity index (χ4n) is 1.39. The molecule has 0 saturated heterocycles. The van der Waals surface area contributed by atoms with Crippen molar-refractivity contribution in [3.8, 4) is 0 Å². The smallest absolute Gasteiger partial charge is 0.310 e. The second-order valence-corrected chi connectivity index (χ2v) is 3.66. The molecule has 7 heteroatoms. The van der Waals surface area contributed by atoms with Gasteiger partial charge in [0.2, 0.25) is 5.95 Å². The van der Waals surface area contributed by atoms with Crippen LogP contribution in [0.15, 0.2) is 6.07 Å². The highest BCUT2D eigenvalue weighted by atomic mass is 35.5. The van der Waals surface area contributed by atoms with Crippen LogP contribution in [0.2, 0.25) is 0 Å². The van der Waals surface area contributed by atoms with E-state index in [9.17, 15) is 18.0 Å². The summed E-state index contributed by atoms with van der Waals surface area (Å²) in [6.45, 7) is 1.76. The second-order valence-electron chi connectivity index (χ2n) is 3.39. The maximum Gasteiger partial charge on any atom is 0.310 e. The van der Waals surface area contributed by atoms with E-state index in [0.717, 1.165) is 6.07 Å². The summed E-state index contributed by atoms with van der Waals surface area (Å²) in [6, 6.07) is 0.995.